The maximum absolute atomic E-state index is 13.9. The van der Waals surface area contributed by atoms with Crippen LogP contribution >= 0.6 is 15.9 Å². The van der Waals surface area contributed by atoms with E-state index in [-0.39, 0.29) is 29.3 Å². The summed E-state index contributed by atoms with van der Waals surface area (Å²) < 4.78 is 27.7. The van der Waals surface area contributed by atoms with E-state index in [1.807, 2.05) is 61.5 Å². The summed E-state index contributed by atoms with van der Waals surface area (Å²) in [6, 6.07) is 21.6. The molecule has 1 heterocycles. The number of nitrogens with zero attached hydrogens (tertiary/aromatic N) is 2. The lowest BCUT2D eigenvalue weighted by Gasteiger charge is -2.32. The molecule has 10 heteroatoms. The molecule has 39 heavy (non-hydrogen) atoms. The van der Waals surface area contributed by atoms with Gasteiger partial charge in [0.25, 0.3) is 15.9 Å². The normalized spacial score (nSPS) is 14.5. The number of sulfonamides is 1. The molecule has 1 atom stereocenters. The van der Waals surface area contributed by atoms with Crippen LogP contribution in [-0.2, 0) is 32.6 Å². The lowest BCUT2D eigenvalue weighted by Crippen LogP contribution is -2.53. The fourth-order valence-corrected chi connectivity index (χ4v) is 6.46. The van der Waals surface area contributed by atoms with Crippen LogP contribution in [-0.4, -0.2) is 54.5 Å². The van der Waals surface area contributed by atoms with Crippen LogP contribution < -0.4 is 5.32 Å². The molecule has 204 valence electrons. The molecule has 0 aliphatic carbocycles. The predicted octanol–water partition coefficient (Wildman–Crippen LogP) is 4.15. The van der Waals surface area contributed by atoms with Gasteiger partial charge in [0.1, 0.15) is 17.5 Å². The van der Waals surface area contributed by atoms with Gasteiger partial charge in [-0.2, -0.15) is 0 Å². The van der Waals surface area contributed by atoms with Crippen molar-refractivity contribution in [2.75, 3.05) is 13.1 Å². The van der Waals surface area contributed by atoms with Crippen molar-refractivity contribution in [3.05, 3.63) is 100 Å². The van der Waals surface area contributed by atoms with Crippen molar-refractivity contribution in [3.63, 3.8) is 0 Å². The number of nitrogens with one attached hydrogen (secondary N) is 1. The lowest BCUT2D eigenvalue weighted by molar-refractivity contribution is -0.141. The van der Waals surface area contributed by atoms with Crippen LogP contribution in [0.25, 0.3) is 0 Å². The Morgan fingerprint density at radius 2 is 1.67 bits per heavy atom. The zero-order valence-corrected chi connectivity index (χ0v) is 23.9. The maximum atomic E-state index is 13.9. The zero-order valence-electron chi connectivity index (χ0n) is 21.5. The maximum Gasteiger partial charge on any atom is 0.269 e. The van der Waals surface area contributed by atoms with Gasteiger partial charge in [-0.1, -0.05) is 83.9 Å². The van der Waals surface area contributed by atoms with Gasteiger partial charge in [-0.3, -0.25) is 14.4 Å². The second-order valence-electron chi connectivity index (χ2n) is 9.31. The molecule has 8 nitrogen and oxygen atoms in total. The Labute approximate surface area is 237 Å². The van der Waals surface area contributed by atoms with Crippen LogP contribution in [0.15, 0.2) is 88.2 Å². The number of unbranched alkanes of at least 4 members (excludes halogenated alkanes) is 1. The third-order valence-corrected chi connectivity index (χ3v) is 8.81. The molecule has 0 saturated heterocycles. The van der Waals surface area contributed by atoms with Gasteiger partial charge in [-0.25, -0.2) is 12.7 Å². The van der Waals surface area contributed by atoms with Crippen molar-refractivity contribution < 1.29 is 22.8 Å². The Kier molecular flexibility index (Phi) is 9.19. The van der Waals surface area contributed by atoms with E-state index in [4.69, 9.17) is 0 Å². The van der Waals surface area contributed by atoms with Crippen LogP contribution in [0.2, 0.25) is 0 Å². The van der Waals surface area contributed by atoms with E-state index in [0.29, 0.717) is 10.8 Å². The summed E-state index contributed by atoms with van der Waals surface area (Å²) in [5.74, 6) is -1.74. The number of carbonyl (C=O) groups excluding carboxylic acids is 3. The molecule has 0 radical (unpaired) electrons. The summed E-state index contributed by atoms with van der Waals surface area (Å²) in [4.78, 5) is 41.7. The number of rotatable bonds is 11. The van der Waals surface area contributed by atoms with Gasteiger partial charge in [0.05, 0.1) is 5.56 Å². The van der Waals surface area contributed by atoms with E-state index in [1.165, 1.54) is 23.1 Å². The van der Waals surface area contributed by atoms with Crippen molar-refractivity contribution in [3.8, 4) is 0 Å². The molecule has 4 rings (SSSR count). The fraction of sp³-hybridized carbons (Fsp3) is 0.276. The molecule has 0 bridgehead atoms. The monoisotopic (exact) mass is 611 g/mol. The second-order valence-corrected chi connectivity index (χ2v) is 12.1. The Bertz CT molecular complexity index is 1460. The summed E-state index contributed by atoms with van der Waals surface area (Å²) in [5.41, 5.74) is 1.62. The van der Waals surface area contributed by atoms with Gasteiger partial charge < -0.3 is 10.2 Å². The molecule has 0 unspecified atom stereocenters. The van der Waals surface area contributed by atoms with E-state index in [9.17, 15) is 22.8 Å². The molecule has 1 aliphatic rings. The van der Waals surface area contributed by atoms with E-state index >= 15 is 0 Å². The van der Waals surface area contributed by atoms with Crippen molar-refractivity contribution in [1.29, 1.82) is 0 Å². The summed E-state index contributed by atoms with van der Waals surface area (Å²) in [6.07, 6.45) is 1.89. The van der Waals surface area contributed by atoms with Gasteiger partial charge in [-0.05, 0) is 41.8 Å². The van der Waals surface area contributed by atoms with Crippen LogP contribution in [0.4, 0.5) is 0 Å². The number of benzene rings is 3. The Morgan fingerprint density at radius 3 is 2.36 bits per heavy atom. The van der Waals surface area contributed by atoms with E-state index in [2.05, 4.69) is 21.2 Å². The van der Waals surface area contributed by atoms with Gasteiger partial charge >= 0.3 is 0 Å². The third kappa shape index (κ3) is 6.57. The molecule has 0 spiro atoms. The van der Waals surface area contributed by atoms with Crippen molar-refractivity contribution >= 4 is 43.7 Å². The van der Waals surface area contributed by atoms with Crippen LogP contribution in [0.1, 0.15) is 41.3 Å². The third-order valence-electron chi connectivity index (χ3n) is 6.53. The highest BCUT2D eigenvalue weighted by Gasteiger charge is 2.43. The van der Waals surface area contributed by atoms with Gasteiger partial charge in [0, 0.05) is 24.0 Å². The molecule has 0 fully saturated rings. The highest BCUT2D eigenvalue weighted by atomic mass is 79.9. The second kappa shape index (κ2) is 12.6. The Hall–Kier alpha value is -3.50. The SMILES string of the molecule is CCCCNC(=O)[C@H](Cc1ccccc1)N(Cc1cccc(Br)c1)C(=O)CN1C(=O)c2ccccc2S1(=O)=O. The quantitative estimate of drug-likeness (QED) is 0.328. The number of halogens is 1. The van der Waals surface area contributed by atoms with Crippen molar-refractivity contribution in [1.82, 2.24) is 14.5 Å². The van der Waals surface area contributed by atoms with E-state index in [1.54, 1.807) is 6.07 Å². The minimum absolute atomic E-state index is 0.0296. The molecule has 3 amide bonds. The molecule has 3 aromatic carbocycles. The number of fused-ring (bicyclic) bond motifs is 1. The van der Waals surface area contributed by atoms with E-state index in [0.717, 1.165) is 28.4 Å². The van der Waals surface area contributed by atoms with Crippen molar-refractivity contribution in [2.45, 2.75) is 43.7 Å². The van der Waals surface area contributed by atoms with Gasteiger partial charge in [0.2, 0.25) is 11.8 Å². The largest absolute Gasteiger partial charge is 0.354 e. The first-order valence-corrected chi connectivity index (χ1v) is 15.0. The molecular weight excluding hydrogens is 582 g/mol. The average molecular weight is 613 g/mol. The Morgan fingerprint density at radius 1 is 0.974 bits per heavy atom. The summed E-state index contributed by atoms with van der Waals surface area (Å²) in [6.45, 7) is 1.80. The van der Waals surface area contributed by atoms with E-state index < -0.39 is 34.4 Å². The molecule has 1 aliphatic heterocycles. The van der Waals surface area contributed by atoms with Gasteiger partial charge in [-0.15, -0.1) is 0 Å². The fourth-order valence-electron chi connectivity index (χ4n) is 4.49. The zero-order chi connectivity index (χ0) is 28.0. The first kappa shape index (κ1) is 28.5. The summed E-state index contributed by atoms with van der Waals surface area (Å²) in [7, 11) is -4.20. The smallest absolute Gasteiger partial charge is 0.269 e. The Balaban J connectivity index is 1.70. The minimum Gasteiger partial charge on any atom is -0.354 e. The predicted molar refractivity (Wildman–Crippen MR) is 151 cm³/mol. The first-order valence-electron chi connectivity index (χ1n) is 12.7. The topological polar surface area (TPSA) is 104 Å². The number of amides is 3. The molecule has 0 saturated carbocycles. The molecule has 3 aromatic rings. The highest BCUT2D eigenvalue weighted by Crippen LogP contribution is 2.30. The van der Waals surface area contributed by atoms with Crippen LogP contribution in [0.3, 0.4) is 0 Å². The number of hydrogen-bond donors (Lipinski definition) is 1. The summed E-state index contributed by atoms with van der Waals surface area (Å²) >= 11 is 3.45. The van der Waals surface area contributed by atoms with Crippen LogP contribution in [0, 0.1) is 0 Å². The minimum atomic E-state index is -4.20. The first-order chi connectivity index (χ1) is 18.7. The van der Waals surface area contributed by atoms with Gasteiger partial charge in [0.15, 0.2) is 0 Å². The average Bonchev–Trinajstić information content (AvgIpc) is 3.12. The highest BCUT2D eigenvalue weighted by molar-refractivity contribution is 9.10. The molecular formula is C29H30BrN3O5S. The lowest BCUT2D eigenvalue weighted by atomic mass is 10.0. The standard InChI is InChI=1S/C29H30BrN3O5S/c1-2-3-16-31-28(35)25(18-21-10-5-4-6-11-21)32(19-22-12-9-13-23(30)17-22)27(34)20-33-29(36)24-14-7-8-15-26(24)39(33,37)38/h4-15,17,25H,2-3,16,18-20H2,1H3,(H,31,35)/t25-/m0/s1. The molecule has 1 N–H and O–H groups in total. The molecule has 0 aromatic heterocycles. The summed E-state index contributed by atoms with van der Waals surface area (Å²) in [5, 5.41) is 2.93. The van der Waals surface area contributed by atoms with Crippen LogP contribution in [0.5, 0.6) is 0 Å². The number of carbonyl (C=O) groups is 3. The number of hydrogen-bond acceptors (Lipinski definition) is 5. The van der Waals surface area contributed by atoms with Crippen molar-refractivity contribution in [2.24, 2.45) is 0 Å².